The predicted molar refractivity (Wildman–Crippen MR) is 134 cm³/mol. The molecule has 2 saturated heterocycles. The molecule has 0 bridgehead atoms. The summed E-state index contributed by atoms with van der Waals surface area (Å²) in [6.07, 6.45) is -12.7. The van der Waals surface area contributed by atoms with Gasteiger partial charge in [-0.15, -0.1) is 0 Å². The summed E-state index contributed by atoms with van der Waals surface area (Å²) in [5.41, 5.74) is 0.361. The largest absolute Gasteiger partial charge is 0.507 e. The average Bonchev–Trinajstić information content (AvgIpc) is 2.92. The topological polar surface area (TPSA) is 225 Å². The van der Waals surface area contributed by atoms with Crippen molar-refractivity contribution in [2.75, 3.05) is 6.61 Å². The van der Waals surface area contributed by atoms with E-state index in [1.165, 1.54) is 37.3 Å². The number of phenols is 3. The lowest BCUT2D eigenvalue weighted by molar-refractivity contribution is -0.309. The maximum atomic E-state index is 12.8. The molecule has 14 heteroatoms. The van der Waals surface area contributed by atoms with Gasteiger partial charge < -0.3 is 64.5 Å². The molecule has 41 heavy (non-hydrogen) atoms. The molecule has 0 aromatic heterocycles. The minimum absolute atomic E-state index is 0.00314. The molecule has 2 fully saturated rings. The Kier molecular flexibility index (Phi) is 8.27. The highest BCUT2D eigenvalue weighted by molar-refractivity contribution is 6.02. The fourth-order valence-electron chi connectivity index (χ4n) is 5.03. The van der Waals surface area contributed by atoms with E-state index < -0.39 is 72.9 Å². The first kappa shape index (κ1) is 29.3. The Morgan fingerprint density at radius 3 is 2.37 bits per heavy atom. The number of aliphatic hydroxyl groups is 5. The van der Waals surface area contributed by atoms with Crippen molar-refractivity contribution >= 4 is 5.78 Å². The number of ether oxygens (including phenoxy) is 5. The van der Waals surface area contributed by atoms with Gasteiger partial charge >= 0.3 is 0 Å². The molecular formula is C27H32O14. The summed E-state index contributed by atoms with van der Waals surface area (Å²) in [6.45, 7) is 1.10. The Morgan fingerprint density at radius 2 is 1.63 bits per heavy atom. The summed E-state index contributed by atoms with van der Waals surface area (Å²) in [5, 5.41) is 80.8. The van der Waals surface area contributed by atoms with Gasteiger partial charge in [0.2, 0.25) is 6.29 Å². The minimum atomic E-state index is -1.57. The van der Waals surface area contributed by atoms with E-state index >= 15 is 0 Å². The molecule has 14 nitrogen and oxygen atoms in total. The van der Waals surface area contributed by atoms with Crippen molar-refractivity contribution in [1.82, 2.24) is 0 Å². The molecule has 5 rings (SSSR count). The van der Waals surface area contributed by atoms with Gasteiger partial charge in [-0.1, -0.05) is 6.07 Å². The van der Waals surface area contributed by atoms with E-state index in [1.807, 2.05) is 0 Å². The van der Waals surface area contributed by atoms with Gasteiger partial charge in [-0.05, 0) is 24.6 Å². The highest BCUT2D eigenvalue weighted by Gasteiger charge is 2.44. The fraction of sp³-hybridized carbons (Fsp3) is 0.519. The third kappa shape index (κ3) is 5.91. The van der Waals surface area contributed by atoms with Crippen molar-refractivity contribution in [2.24, 2.45) is 0 Å². The van der Waals surface area contributed by atoms with Crippen LogP contribution in [0.4, 0.5) is 0 Å². The SMILES string of the molecule is CC1OC(OCC2OC(Oc3cc(O)c4c(c3)OC(c3ccc(O)c(O)c3)CC4=O)CC(O)C2O)C(O)C(O)C1O. The van der Waals surface area contributed by atoms with Crippen LogP contribution >= 0.6 is 0 Å². The zero-order chi connectivity index (χ0) is 29.6. The number of aliphatic hydroxyl groups excluding tert-OH is 5. The molecule has 0 saturated carbocycles. The van der Waals surface area contributed by atoms with Crippen molar-refractivity contribution in [3.8, 4) is 28.7 Å². The highest BCUT2D eigenvalue weighted by Crippen LogP contribution is 2.43. The molecule has 3 heterocycles. The number of carbonyl (C=O) groups excluding carboxylic acids is 1. The number of phenolic OH excluding ortho intramolecular Hbond substituents is 3. The van der Waals surface area contributed by atoms with E-state index in [9.17, 15) is 45.6 Å². The van der Waals surface area contributed by atoms with E-state index in [0.717, 1.165) is 0 Å². The number of hydrogen-bond acceptors (Lipinski definition) is 14. The van der Waals surface area contributed by atoms with Crippen LogP contribution in [0.3, 0.4) is 0 Å². The fourth-order valence-corrected chi connectivity index (χ4v) is 5.03. The van der Waals surface area contributed by atoms with Gasteiger partial charge in [0.15, 0.2) is 23.6 Å². The lowest BCUT2D eigenvalue weighted by atomic mass is 9.95. The van der Waals surface area contributed by atoms with Crippen LogP contribution in [-0.2, 0) is 14.2 Å². The summed E-state index contributed by atoms with van der Waals surface area (Å²) < 4.78 is 28.3. The number of carbonyl (C=O) groups is 1. The summed E-state index contributed by atoms with van der Waals surface area (Å²) >= 11 is 0. The molecule has 2 aromatic carbocycles. The van der Waals surface area contributed by atoms with Crippen LogP contribution in [0.1, 0.15) is 41.8 Å². The second-order valence-corrected chi connectivity index (χ2v) is 10.3. The van der Waals surface area contributed by atoms with Gasteiger partial charge in [-0.3, -0.25) is 4.79 Å². The number of benzene rings is 2. The molecule has 3 aliphatic heterocycles. The second-order valence-electron chi connectivity index (χ2n) is 10.3. The molecule has 0 radical (unpaired) electrons. The monoisotopic (exact) mass is 580 g/mol. The third-order valence-electron chi connectivity index (χ3n) is 7.38. The number of fused-ring (bicyclic) bond motifs is 1. The molecule has 0 spiro atoms. The number of ketones is 1. The van der Waals surface area contributed by atoms with Crippen LogP contribution in [-0.4, -0.2) is 109 Å². The van der Waals surface area contributed by atoms with Gasteiger partial charge in [0, 0.05) is 18.6 Å². The van der Waals surface area contributed by atoms with Gasteiger partial charge in [0.1, 0.15) is 59.4 Å². The molecule has 10 atom stereocenters. The van der Waals surface area contributed by atoms with Crippen molar-refractivity contribution in [1.29, 1.82) is 0 Å². The smallest absolute Gasteiger partial charge is 0.202 e. The first-order valence-corrected chi connectivity index (χ1v) is 13.0. The van der Waals surface area contributed by atoms with Crippen LogP contribution in [0.25, 0.3) is 0 Å². The Morgan fingerprint density at radius 1 is 0.878 bits per heavy atom. The van der Waals surface area contributed by atoms with Crippen molar-refractivity contribution in [3.63, 3.8) is 0 Å². The lowest BCUT2D eigenvalue weighted by Crippen LogP contribution is -2.58. The summed E-state index contributed by atoms with van der Waals surface area (Å²) in [6, 6.07) is 6.55. The molecule has 0 amide bonds. The van der Waals surface area contributed by atoms with Crippen LogP contribution in [0.15, 0.2) is 30.3 Å². The van der Waals surface area contributed by atoms with Crippen molar-refractivity contribution < 1.29 is 69.3 Å². The van der Waals surface area contributed by atoms with Crippen LogP contribution in [0.5, 0.6) is 28.7 Å². The Hall–Kier alpha value is -3.21. The van der Waals surface area contributed by atoms with Gasteiger partial charge in [0.25, 0.3) is 0 Å². The Labute approximate surface area is 233 Å². The molecule has 2 aromatic rings. The number of hydrogen-bond donors (Lipinski definition) is 8. The van der Waals surface area contributed by atoms with E-state index in [4.69, 9.17) is 23.7 Å². The first-order valence-electron chi connectivity index (χ1n) is 13.0. The average molecular weight is 581 g/mol. The number of rotatable bonds is 6. The zero-order valence-corrected chi connectivity index (χ0v) is 21.8. The highest BCUT2D eigenvalue weighted by atomic mass is 16.7. The number of Topliss-reactive ketones (excluding diaryl/α,β-unsaturated/α-hetero) is 1. The zero-order valence-electron chi connectivity index (χ0n) is 21.8. The molecule has 3 aliphatic rings. The van der Waals surface area contributed by atoms with Crippen LogP contribution in [0, 0.1) is 0 Å². The van der Waals surface area contributed by atoms with Crippen LogP contribution < -0.4 is 9.47 Å². The Bertz CT molecular complexity index is 1270. The molecular weight excluding hydrogens is 548 g/mol. The maximum Gasteiger partial charge on any atom is 0.202 e. The van der Waals surface area contributed by atoms with Crippen molar-refractivity contribution in [2.45, 2.75) is 81.2 Å². The van der Waals surface area contributed by atoms with Crippen molar-refractivity contribution in [3.05, 3.63) is 41.5 Å². The van der Waals surface area contributed by atoms with E-state index in [-0.39, 0.29) is 48.0 Å². The van der Waals surface area contributed by atoms with E-state index in [0.29, 0.717) is 5.56 Å². The van der Waals surface area contributed by atoms with E-state index in [2.05, 4.69) is 0 Å². The minimum Gasteiger partial charge on any atom is -0.507 e. The maximum absolute atomic E-state index is 12.8. The molecule has 0 aliphatic carbocycles. The van der Waals surface area contributed by atoms with Gasteiger partial charge in [0.05, 0.1) is 25.2 Å². The van der Waals surface area contributed by atoms with Gasteiger partial charge in [-0.2, -0.15) is 0 Å². The molecule has 224 valence electrons. The van der Waals surface area contributed by atoms with Gasteiger partial charge in [-0.25, -0.2) is 0 Å². The quantitative estimate of drug-likeness (QED) is 0.203. The predicted octanol–water partition coefficient (Wildman–Crippen LogP) is -0.430. The molecule has 10 unspecified atom stereocenters. The summed E-state index contributed by atoms with van der Waals surface area (Å²) in [7, 11) is 0. The normalized spacial score (nSPS) is 35.4. The Balaban J connectivity index is 1.27. The second kappa shape index (κ2) is 11.6. The van der Waals surface area contributed by atoms with Crippen LogP contribution in [0.2, 0.25) is 0 Å². The number of aromatic hydroxyl groups is 3. The lowest BCUT2D eigenvalue weighted by Gasteiger charge is -2.41. The summed E-state index contributed by atoms with van der Waals surface area (Å²) in [5.74, 6) is -1.52. The summed E-state index contributed by atoms with van der Waals surface area (Å²) in [4.78, 5) is 12.8. The molecule has 8 N–H and O–H groups in total. The first-order chi connectivity index (χ1) is 19.4. The standard InChI is InChI=1S/C27H32O14/c1-10-23(33)25(35)26(36)27(38-10)37-9-20-24(34)17(32)8-21(41-20)39-12-5-15(30)22-16(31)7-18(40-19(22)6-12)11-2-3-13(28)14(29)4-11/h2-6,10,17-18,20-21,23-30,32-36H,7-9H2,1H3. The van der Waals surface area contributed by atoms with E-state index in [1.54, 1.807) is 0 Å². The third-order valence-corrected chi connectivity index (χ3v) is 7.38.